The van der Waals surface area contributed by atoms with Crippen LogP contribution in [0, 0.1) is 0 Å². The van der Waals surface area contributed by atoms with Gasteiger partial charge in [-0.2, -0.15) is 0 Å². The van der Waals surface area contributed by atoms with E-state index in [1.165, 1.54) is 11.1 Å². The highest BCUT2D eigenvalue weighted by molar-refractivity contribution is 6.30. The van der Waals surface area contributed by atoms with E-state index in [1.807, 2.05) is 18.2 Å². The van der Waals surface area contributed by atoms with Crippen molar-refractivity contribution >= 4 is 11.6 Å². The van der Waals surface area contributed by atoms with E-state index in [1.54, 1.807) is 6.26 Å². The SMILES string of the molecule is C[C@@H](NCC[C@@H](Cc1ccccc1)c1ccco1)c1ccc(Cl)cc1. The summed E-state index contributed by atoms with van der Waals surface area (Å²) < 4.78 is 5.68. The Labute approximate surface area is 154 Å². The molecule has 0 spiro atoms. The van der Waals surface area contributed by atoms with Gasteiger partial charge in [0.25, 0.3) is 0 Å². The molecule has 0 aliphatic carbocycles. The minimum Gasteiger partial charge on any atom is -0.469 e. The number of nitrogens with one attached hydrogen (secondary N) is 1. The third-order valence-corrected chi connectivity index (χ3v) is 4.84. The van der Waals surface area contributed by atoms with Gasteiger partial charge in [0.1, 0.15) is 5.76 Å². The van der Waals surface area contributed by atoms with Crippen molar-refractivity contribution in [2.75, 3.05) is 6.54 Å². The standard InChI is InChI=1S/C22H24ClNO/c1-17(19-9-11-21(23)12-10-19)24-14-13-20(22-8-5-15-25-22)16-18-6-3-2-4-7-18/h2-12,15,17,20,24H,13-14,16H2,1H3/t17-,20+/m1/s1. The molecule has 2 nitrogen and oxygen atoms in total. The summed E-state index contributed by atoms with van der Waals surface area (Å²) in [6, 6.07) is 23.0. The van der Waals surface area contributed by atoms with Gasteiger partial charge in [-0.25, -0.2) is 0 Å². The minimum atomic E-state index is 0.297. The Morgan fingerprint density at radius 1 is 0.960 bits per heavy atom. The molecular weight excluding hydrogens is 330 g/mol. The first kappa shape index (κ1) is 17.8. The minimum absolute atomic E-state index is 0.297. The van der Waals surface area contributed by atoms with Gasteiger partial charge in [0.2, 0.25) is 0 Å². The molecule has 1 N–H and O–H groups in total. The van der Waals surface area contributed by atoms with E-state index in [9.17, 15) is 0 Å². The first-order chi connectivity index (χ1) is 12.2. The van der Waals surface area contributed by atoms with Crippen molar-refractivity contribution < 1.29 is 4.42 Å². The highest BCUT2D eigenvalue weighted by Crippen LogP contribution is 2.25. The van der Waals surface area contributed by atoms with Gasteiger partial charge in [0.05, 0.1) is 6.26 Å². The first-order valence-electron chi connectivity index (χ1n) is 8.78. The van der Waals surface area contributed by atoms with Crippen molar-refractivity contribution in [3.8, 4) is 0 Å². The smallest absolute Gasteiger partial charge is 0.107 e. The predicted octanol–water partition coefficient (Wildman–Crippen LogP) is 6.00. The van der Waals surface area contributed by atoms with E-state index in [0.29, 0.717) is 12.0 Å². The molecule has 0 bridgehead atoms. The van der Waals surface area contributed by atoms with Crippen molar-refractivity contribution in [2.24, 2.45) is 0 Å². The summed E-state index contributed by atoms with van der Waals surface area (Å²) in [7, 11) is 0. The molecule has 3 heteroatoms. The Morgan fingerprint density at radius 3 is 2.40 bits per heavy atom. The van der Waals surface area contributed by atoms with E-state index >= 15 is 0 Å². The van der Waals surface area contributed by atoms with E-state index < -0.39 is 0 Å². The molecule has 2 atom stereocenters. The summed E-state index contributed by atoms with van der Waals surface area (Å²) in [5.41, 5.74) is 2.59. The second-order valence-corrected chi connectivity index (χ2v) is 6.85. The molecule has 0 radical (unpaired) electrons. The summed E-state index contributed by atoms with van der Waals surface area (Å²) in [6.07, 6.45) is 3.78. The Hall–Kier alpha value is -2.03. The Bertz CT molecular complexity index is 737. The van der Waals surface area contributed by atoms with Crippen LogP contribution in [0.15, 0.2) is 77.4 Å². The van der Waals surface area contributed by atoms with Crippen LogP contribution in [-0.4, -0.2) is 6.54 Å². The van der Waals surface area contributed by atoms with Crippen LogP contribution in [0.2, 0.25) is 5.02 Å². The molecule has 2 aromatic carbocycles. The second-order valence-electron chi connectivity index (χ2n) is 6.42. The summed E-state index contributed by atoms with van der Waals surface area (Å²) in [6.45, 7) is 3.12. The summed E-state index contributed by atoms with van der Waals surface area (Å²) >= 11 is 5.97. The van der Waals surface area contributed by atoms with Crippen LogP contribution in [0.1, 0.15) is 42.2 Å². The maximum absolute atomic E-state index is 5.97. The maximum atomic E-state index is 5.97. The molecule has 0 unspecified atom stereocenters. The van der Waals surface area contributed by atoms with Crippen molar-refractivity contribution in [3.05, 3.63) is 94.9 Å². The molecule has 0 aliphatic rings. The monoisotopic (exact) mass is 353 g/mol. The van der Waals surface area contributed by atoms with Crippen LogP contribution in [0.4, 0.5) is 0 Å². The fourth-order valence-corrected chi connectivity index (χ4v) is 3.24. The second kappa shape index (κ2) is 8.89. The van der Waals surface area contributed by atoms with E-state index in [-0.39, 0.29) is 0 Å². The van der Waals surface area contributed by atoms with Crippen molar-refractivity contribution in [3.63, 3.8) is 0 Å². The molecule has 0 saturated heterocycles. The molecule has 0 saturated carbocycles. The topological polar surface area (TPSA) is 25.2 Å². The fraction of sp³-hybridized carbons (Fsp3) is 0.273. The van der Waals surface area contributed by atoms with Gasteiger partial charge in [-0.1, -0.05) is 54.1 Å². The third kappa shape index (κ3) is 5.22. The van der Waals surface area contributed by atoms with Gasteiger partial charge in [0, 0.05) is 17.0 Å². The van der Waals surface area contributed by atoms with E-state index in [0.717, 1.165) is 30.2 Å². The number of hydrogen-bond acceptors (Lipinski definition) is 2. The van der Waals surface area contributed by atoms with Crippen LogP contribution in [0.25, 0.3) is 0 Å². The maximum Gasteiger partial charge on any atom is 0.107 e. The molecule has 130 valence electrons. The summed E-state index contributed by atoms with van der Waals surface area (Å²) in [5, 5.41) is 4.39. The van der Waals surface area contributed by atoms with Gasteiger partial charge in [-0.15, -0.1) is 0 Å². The zero-order chi connectivity index (χ0) is 17.5. The lowest BCUT2D eigenvalue weighted by Gasteiger charge is -2.18. The van der Waals surface area contributed by atoms with Crippen LogP contribution in [-0.2, 0) is 6.42 Å². The molecule has 3 aromatic rings. The van der Waals surface area contributed by atoms with Crippen molar-refractivity contribution in [2.45, 2.75) is 31.7 Å². The van der Waals surface area contributed by atoms with Crippen molar-refractivity contribution in [1.82, 2.24) is 5.32 Å². The van der Waals surface area contributed by atoms with E-state index in [2.05, 4.69) is 60.8 Å². The van der Waals surface area contributed by atoms with Gasteiger partial charge < -0.3 is 9.73 Å². The molecule has 0 fully saturated rings. The highest BCUT2D eigenvalue weighted by Gasteiger charge is 2.15. The first-order valence-corrected chi connectivity index (χ1v) is 9.16. The molecule has 0 aliphatic heterocycles. The average Bonchev–Trinajstić information content (AvgIpc) is 3.17. The Kier molecular flexibility index (Phi) is 6.32. The normalized spacial score (nSPS) is 13.5. The Morgan fingerprint density at radius 2 is 1.72 bits per heavy atom. The van der Waals surface area contributed by atoms with Gasteiger partial charge in [0.15, 0.2) is 0 Å². The zero-order valence-electron chi connectivity index (χ0n) is 14.5. The molecule has 3 rings (SSSR count). The number of benzene rings is 2. The molecule has 1 aromatic heterocycles. The van der Waals surface area contributed by atoms with Crippen LogP contribution in [0.5, 0.6) is 0 Å². The summed E-state index contributed by atoms with van der Waals surface area (Å²) in [4.78, 5) is 0. The summed E-state index contributed by atoms with van der Waals surface area (Å²) in [5.74, 6) is 1.44. The lowest BCUT2D eigenvalue weighted by atomic mass is 9.93. The van der Waals surface area contributed by atoms with Crippen LogP contribution >= 0.6 is 11.6 Å². The number of rotatable bonds is 8. The largest absolute Gasteiger partial charge is 0.469 e. The van der Waals surface area contributed by atoms with Crippen LogP contribution in [0.3, 0.4) is 0 Å². The highest BCUT2D eigenvalue weighted by atomic mass is 35.5. The fourth-order valence-electron chi connectivity index (χ4n) is 3.11. The number of furan rings is 1. The van der Waals surface area contributed by atoms with E-state index in [4.69, 9.17) is 16.0 Å². The molecule has 0 amide bonds. The van der Waals surface area contributed by atoms with Gasteiger partial charge >= 0.3 is 0 Å². The predicted molar refractivity (Wildman–Crippen MR) is 104 cm³/mol. The lowest BCUT2D eigenvalue weighted by Crippen LogP contribution is -2.22. The number of halogens is 1. The zero-order valence-corrected chi connectivity index (χ0v) is 15.2. The van der Waals surface area contributed by atoms with Crippen LogP contribution < -0.4 is 5.32 Å². The lowest BCUT2D eigenvalue weighted by molar-refractivity contribution is 0.428. The quantitative estimate of drug-likeness (QED) is 0.537. The van der Waals surface area contributed by atoms with Crippen molar-refractivity contribution in [1.29, 1.82) is 0 Å². The molecule has 25 heavy (non-hydrogen) atoms. The third-order valence-electron chi connectivity index (χ3n) is 4.58. The Balaban J connectivity index is 1.58. The number of hydrogen-bond donors (Lipinski definition) is 1. The molecular formula is C22H24ClNO. The molecule has 1 heterocycles. The van der Waals surface area contributed by atoms with Gasteiger partial charge in [-0.05, 0) is 61.7 Å². The average molecular weight is 354 g/mol. The van der Waals surface area contributed by atoms with Gasteiger partial charge in [-0.3, -0.25) is 0 Å².